The van der Waals surface area contributed by atoms with Crippen molar-refractivity contribution in [2.24, 2.45) is 5.73 Å². The minimum Gasteiger partial charge on any atom is -0.353 e. The summed E-state index contributed by atoms with van der Waals surface area (Å²) in [4.78, 5) is 6.52. The normalized spacial score (nSPS) is 20.3. The number of aromatic nitrogens is 4. The Bertz CT molecular complexity index is 533. The molecule has 0 aromatic carbocycles. The summed E-state index contributed by atoms with van der Waals surface area (Å²) >= 11 is 0. The van der Waals surface area contributed by atoms with Gasteiger partial charge in [-0.05, 0) is 19.8 Å². The van der Waals surface area contributed by atoms with Gasteiger partial charge in [-0.1, -0.05) is 5.16 Å². The van der Waals surface area contributed by atoms with E-state index in [4.69, 9.17) is 10.3 Å². The molecule has 0 amide bonds. The number of hydrogen-bond acceptors (Lipinski definition) is 6. The molecule has 18 heavy (non-hydrogen) atoms. The molecule has 1 fully saturated rings. The molecule has 3 heterocycles. The molecule has 7 heteroatoms. The number of H-pyrrole nitrogens is 1. The van der Waals surface area contributed by atoms with Gasteiger partial charge in [0.1, 0.15) is 0 Å². The highest BCUT2D eigenvalue weighted by molar-refractivity contribution is 5.49. The molecule has 7 nitrogen and oxygen atoms in total. The zero-order valence-corrected chi connectivity index (χ0v) is 10.3. The average Bonchev–Trinajstić information content (AvgIpc) is 2.97. The van der Waals surface area contributed by atoms with Crippen LogP contribution in [-0.4, -0.2) is 39.5 Å². The van der Waals surface area contributed by atoms with Crippen LogP contribution in [0.25, 0.3) is 11.6 Å². The van der Waals surface area contributed by atoms with Gasteiger partial charge in [0.05, 0.1) is 5.69 Å². The summed E-state index contributed by atoms with van der Waals surface area (Å²) in [5.74, 6) is 1.88. The minimum absolute atomic E-state index is 0.202. The van der Waals surface area contributed by atoms with E-state index < -0.39 is 0 Å². The smallest absolute Gasteiger partial charge is 0.245 e. The number of aryl methyl sites for hydroxylation is 1. The Morgan fingerprint density at radius 3 is 3.17 bits per heavy atom. The molecule has 3 rings (SSSR count). The summed E-state index contributed by atoms with van der Waals surface area (Å²) in [5, 5.41) is 10.9. The maximum Gasteiger partial charge on any atom is 0.245 e. The standard InChI is InChI=1S/C11H16N6O/c1-7-5-9(18-16-7)10-13-11(15-14-10)17-4-2-3-8(12)6-17/h5,8H,2-4,6,12H2,1H3,(H,13,14,15). The fourth-order valence-electron chi connectivity index (χ4n) is 2.17. The van der Waals surface area contributed by atoms with Crippen LogP contribution in [0.4, 0.5) is 5.95 Å². The van der Waals surface area contributed by atoms with Crippen molar-refractivity contribution >= 4 is 5.95 Å². The summed E-state index contributed by atoms with van der Waals surface area (Å²) in [5.41, 5.74) is 6.77. The second kappa shape index (κ2) is 4.41. The van der Waals surface area contributed by atoms with E-state index in [9.17, 15) is 0 Å². The van der Waals surface area contributed by atoms with Crippen molar-refractivity contribution in [3.63, 3.8) is 0 Å². The SMILES string of the molecule is Cc1cc(-c2nc(N3CCCC(N)C3)n[nH]2)on1. The molecule has 0 bridgehead atoms. The summed E-state index contributed by atoms with van der Waals surface area (Å²) in [6, 6.07) is 2.03. The number of nitrogens with one attached hydrogen (secondary N) is 1. The molecule has 96 valence electrons. The highest BCUT2D eigenvalue weighted by atomic mass is 16.5. The number of hydrogen-bond donors (Lipinski definition) is 2. The van der Waals surface area contributed by atoms with Crippen molar-refractivity contribution in [3.8, 4) is 11.6 Å². The predicted molar refractivity (Wildman–Crippen MR) is 66.0 cm³/mol. The first-order chi connectivity index (χ1) is 8.72. The van der Waals surface area contributed by atoms with Gasteiger partial charge in [-0.25, -0.2) is 0 Å². The molecule has 0 spiro atoms. The number of nitrogens with two attached hydrogens (primary N) is 1. The summed E-state index contributed by atoms with van der Waals surface area (Å²) in [7, 11) is 0. The lowest BCUT2D eigenvalue weighted by molar-refractivity contribution is 0.424. The van der Waals surface area contributed by atoms with Gasteiger partial charge >= 0.3 is 0 Å². The molecule has 1 unspecified atom stereocenters. The van der Waals surface area contributed by atoms with Crippen LogP contribution >= 0.6 is 0 Å². The van der Waals surface area contributed by atoms with Gasteiger partial charge in [0.2, 0.25) is 11.7 Å². The summed E-state index contributed by atoms with van der Waals surface area (Å²) in [6.45, 7) is 3.61. The van der Waals surface area contributed by atoms with Crippen LogP contribution in [-0.2, 0) is 0 Å². The number of piperidine rings is 1. The average molecular weight is 248 g/mol. The first kappa shape index (κ1) is 11.2. The maximum atomic E-state index is 5.95. The third kappa shape index (κ3) is 2.08. The van der Waals surface area contributed by atoms with Crippen LogP contribution in [0.1, 0.15) is 18.5 Å². The van der Waals surface area contributed by atoms with Crippen LogP contribution in [0.15, 0.2) is 10.6 Å². The molecular weight excluding hydrogens is 232 g/mol. The maximum absolute atomic E-state index is 5.95. The number of rotatable bonds is 2. The lowest BCUT2D eigenvalue weighted by Crippen LogP contribution is -2.43. The topological polar surface area (TPSA) is 96.9 Å². The number of nitrogens with zero attached hydrogens (tertiary/aromatic N) is 4. The molecule has 1 atom stereocenters. The lowest BCUT2D eigenvalue weighted by atomic mass is 10.1. The van der Waals surface area contributed by atoms with Crippen LogP contribution in [0, 0.1) is 6.92 Å². The molecular formula is C11H16N6O. The Hall–Kier alpha value is -1.89. The van der Waals surface area contributed by atoms with Crippen molar-refractivity contribution in [1.82, 2.24) is 20.3 Å². The molecule has 0 saturated carbocycles. The van der Waals surface area contributed by atoms with Crippen molar-refractivity contribution in [2.45, 2.75) is 25.8 Å². The van der Waals surface area contributed by atoms with Gasteiger partial charge in [-0.2, -0.15) is 4.98 Å². The lowest BCUT2D eigenvalue weighted by Gasteiger charge is -2.29. The Balaban J connectivity index is 1.80. The minimum atomic E-state index is 0.202. The van der Waals surface area contributed by atoms with Crippen LogP contribution in [0.2, 0.25) is 0 Å². The second-order valence-corrected chi connectivity index (χ2v) is 4.66. The third-order valence-electron chi connectivity index (χ3n) is 3.08. The molecule has 0 aliphatic carbocycles. The van der Waals surface area contributed by atoms with Gasteiger partial charge in [0.25, 0.3) is 0 Å². The van der Waals surface area contributed by atoms with E-state index >= 15 is 0 Å². The van der Waals surface area contributed by atoms with Crippen molar-refractivity contribution in [1.29, 1.82) is 0 Å². The fourth-order valence-corrected chi connectivity index (χ4v) is 2.17. The fraction of sp³-hybridized carbons (Fsp3) is 0.545. The van der Waals surface area contributed by atoms with E-state index in [2.05, 4.69) is 25.2 Å². The van der Waals surface area contributed by atoms with Gasteiger partial charge in [-0.15, -0.1) is 5.10 Å². The molecule has 2 aromatic rings. The Morgan fingerprint density at radius 1 is 1.56 bits per heavy atom. The third-order valence-corrected chi connectivity index (χ3v) is 3.08. The summed E-state index contributed by atoms with van der Waals surface area (Å²) < 4.78 is 5.15. The number of anilines is 1. The Labute approximate surface area is 104 Å². The second-order valence-electron chi connectivity index (χ2n) is 4.66. The Morgan fingerprint density at radius 2 is 2.44 bits per heavy atom. The zero-order valence-electron chi connectivity index (χ0n) is 10.3. The molecule has 1 aliphatic rings. The first-order valence-corrected chi connectivity index (χ1v) is 6.09. The van der Waals surface area contributed by atoms with Crippen molar-refractivity contribution in [2.75, 3.05) is 18.0 Å². The van der Waals surface area contributed by atoms with E-state index in [-0.39, 0.29) is 6.04 Å². The molecule has 2 aromatic heterocycles. The van der Waals surface area contributed by atoms with Crippen LogP contribution in [0.5, 0.6) is 0 Å². The van der Waals surface area contributed by atoms with Gasteiger partial charge in [0, 0.05) is 25.2 Å². The van der Waals surface area contributed by atoms with Crippen molar-refractivity contribution < 1.29 is 4.52 Å². The monoisotopic (exact) mass is 248 g/mol. The molecule has 1 aliphatic heterocycles. The van der Waals surface area contributed by atoms with E-state index in [1.165, 1.54) is 0 Å². The highest BCUT2D eigenvalue weighted by Crippen LogP contribution is 2.20. The Kier molecular flexibility index (Phi) is 2.75. The van der Waals surface area contributed by atoms with Crippen molar-refractivity contribution in [3.05, 3.63) is 11.8 Å². The highest BCUT2D eigenvalue weighted by Gasteiger charge is 2.21. The van der Waals surface area contributed by atoms with E-state index in [0.29, 0.717) is 17.5 Å². The van der Waals surface area contributed by atoms with Gasteiger partial charge in [-0.3, -0.25) is 5.10 Å². The van der Waals surface area contributed by atoms with Crippen LogP contribution in [0.3, 0.4) is 0 Å². The quantitative estimate of drug-likeness (QED) is 0.811. The number of aromatic amines is 1. The van der Waals surface area contributed by atoms with E-state index in [0.717, 1.165) is 31.6 Å². The molecule has 3 N–H and O–H groups in total. The first-order valence-electron chi connectivity index (χ1n) is 6.09. The van der Waals surface area contributed by atoms with Crippen LogP contribution < -0.4 is 10.6 Å². The molecule has 0 radical (unpaired) electrons. The summed E-state index contributed by atoms with van der Waals surface area (Å²) in [6.07, 6.45) is 2.14. The van der Waals surface area contributed by atoms with E-state index in [1.54, 1.807) is 0 Å². The van der Waals surface area contributed by atoms with Gasteiger partial charge in [0.15, 0.2) is 5.82 Å². The van der Waals surface area contributed by atoms with Gasteiger partial charge < -0.3 is 15.2 Å². The van der Waals surface area contributed by atoms with E-state index in [1.807, 2.05) is 13.0 Å². The zero-order chi connectivity index (χ0) is 12.5. The molecule has 1 saturated heterocycles. The predicted octanol–water partition coefficient (Wildman–Crippen LogP) is 0.696. The largest absolute Gasteiger partial charge is 0.353 e.